The van der Waals surface area contributed by atoms with E-state index in [9.17, 15) is 9.18 Å². The lowest BCUT2D eigenvalue weighted by atomic mass is 10.1. The lowest BCUT2D eigenvalue weighted by molar-refractivity contribution is 0.102. The molecular formula is C20H17ClFN3O. The van der Waals surface area contributed by atoms with Gasteiger partial charge in [0.25, 0.3) is 5.91 Å². The van der Waals surface area contributed by atoms with Crippen LogP contribution >= 0.6 is 11.6 Å². The number of amides is 1. The summed E-state index contributed by atoms with van der Waals surface area (Å²) in [7, 11) is 0. The van der Waals surface area contributed by atoms with Crippen LogP contribution in [0, 0.1) is 12.7 Å². The fourth-order valence-electron chi connectivity index (χ4n) is 2.31. The van der Waals surface area contributed by atoms with Crippen LogP contribution in [0.2, 0.25) is 5.02 Å². The maximum Gasteiger partial charge on any atom is 0.274 e. The van der Waals surface area contributed by atoms with Crippen LogP contribution in [0.5, 0.6) is 0 Å². The van der Waals surface area contributed by atoms with Gasteiger partial charge in [0.05, 0.1) is 16.9 Å². The van der Waals surface area contributed by atoms with Crippen LogP contribution < -0.4 is 10.6 Å². The number of hydrogen-bond acceptors (Lipinski definition) is 3. The fraction of sp³-hybridized carbons (Fsp3) is 0.100. The number of rotatable bonds is 5. The fourth-order valence-corrected chi connectivity index (χ4v) is 2.49. The predicted molar refractivity (Wildman–Crippen MR) is 102 cm³/mol. The highest BCUT2D eigenvalue weighted by atomic mass is 35.5. The molecule has 0 aliphatic carbocycles. The van der Waals surface area contributed by atoms with Crippen molar-refractivity contribution in [3.63, 3.8) is 0 Å². The van der Waals surface area contributed by atoms with Gasteiger partial charge in [0.2, 0.25) is 0 Å². The first kappa shape index (κ1) is 17.9. The van der Waals surface area contributed by atoms with E-state index < -0.39 is 11.7 Å². The first-order chi connectivity index (χ1) is 12.5. The number of aryl methyl sites for hydroxylation is 1. The van der Waals surface area contributed by atoms with Crippen LogP contribution in [-0.2, 0) is 6.54 Å². The molecule has 0 saturated carbocycles. The first-order valence-corrected chi connectivity index (χ1v) is 8.41. The van der Waals surface area contributed by atoms with Crippen LogP contribution in [0.3, 0.4) is 0 Å². The third-order valence-corrected chi connectivity index (χ3v) is 4.08. The van der Waals surface area contributed by atoms with Gasteiger partial charge in [0.1, 0.15) is 11.5 Å². The molecule has 0 aliphatic rings. The number of anilines is 2. The van der Waals surface area contributed by atoms with E-state index in [2.05, 4.69) is 39.9 Å². The zero-order valence-electron chi connectivity index (χ0n) is 14.1. The van der Waals surface area contributed by atoms with E-state index in [1.54, 1.807) is 18.3 Å². The summed E-state index contributed by atoms with van der Waals surface area (Å²) < 4.78 is 13.2. The maximum absolute atomic E-state index is 13.2. The molecule has 2 aromatic carbocycles. The van der Waals surface area contributed by atoms with E-state index in [0.717, 1.165) is 11.3 Å². The summed E-state index contributed by atoms with van der Waals surface area (Å²) in [5.74, 6) is -0.926. The van der Waals surface area contributed by atoms with Gasteiger partial charge in [-0.2, -0.15) is 0 Å². The number of benzene rings is 2. The van der Waals surface area contributed by atoms with Crippen molar-refractivity contribution in [2.24, 2.45) is 0 Å². The largest absolute Gasteiger partial charge is 0.380 e. The minimum absolute atomic E-state index is 0.0496. The van der Waals surface area contributed by atoms with Gasteiger partial charge < -0.3 is 10.6 Å². The molecule has 0 atom stereocenters. The molecule has 0 bridgehead atoms. The van der Waals surface area contributed by atoms with Crippen molar-refractivity contribution in [2.45, 2.75) is 13.5 Å². The molecule has 4 nitrogen and oxygen atoms in total. The quantitative estimate of drug-likeness (QED) is 0.662. The molecule has 26 heavy (non-hydrogen) atoms. The van der Waals surface area contributed by atoms with Crippen molar-refractivity contribution in [3.05, 3.63) is 88.5 Å². The van der Waals surface area contributed by atoms with Gasteiger partial charge in [-0.1, -0.05) is 41.4 Å². The zero-order chi connectivity index (χ0) is 18.5. The molecule has 3 aromatic rings. The lowest BCUT2D eigenvalue weighted by Gasteiger charge is -2.08. The molecule has 3 rings (SSSR count). The zero-order valence-corrected chi connectivity index (χ0v) is 14.8. The summed E-state index contributed by atoms with van der Waals surface area (Å²) in [5, 5.41) is 5.84. The van der Waals surface area contributed by atoms with Crippen molar-refractivity contribution in [3.8, 4) is 0 Å². The number of nitrogens with zero attached hydrogens (tertiary/aromatic N) is 1. The van der Waals surface area contributed by atoms with Crippen LogP contribution in [0.4, 0.5) is 15.8 Å². The number of carbonyl (C=O) groups excluding carboxylic acids is 1. The topological polar surface area (TPSA) is 54.0 Å². The van der Waals surface area contributed by atoms with E-state index >= 15 is 0 Å². The Balaban J connectivity index is 1.60. The number of halogens is 2. The molecule has 0 saturated heterocycles. The van der Waals surface area contributed by atoms with E-state index in [0.29, 0.717) is 12.2 Å². The van der Waals surface area contributed by atoms with Crippen molar-refractivity contribution in [1.29, 1.82) is 0 Å². The van der Waals surface area contributed by atoms with Crippen molar-refractivity contribution in [1.82, 2.24) is 4.98 Å². The van der Waals surface area contributed by atoms with E-state index in [-0.39, 0.29) is 10.7 Å². The standard InChI is InChI=1S/C20H17ClFN3O/c1-13-2-4-14(5-3-13)11-23-16-7-9-19(24-12-16)20(26)25-15-6-8-18(22)17(21)10-15/h2-10,12,23H,11H2,1H3,(H,25,26). The molecule has 2 N–H and O–H groups in total. The van der Waals surface area contributed by atoms with Gasteiger partial charge in [0, 0.05) is 12.2 Å². The Bertz CT molecular complexity index is 911. The van der Waals surface area contributed by atoms with Crippen LogP contribution in [0.25, 0.3) is 0 Å². The number of nitrogens with one attached hydrogen (secondary N) is 2. The van der Waals surface area contributed by atoms with E-state index in [4.69, 9.17) is 11.6 Å². The molecule has 6 heteroatoms. The van der Waals surface area contributed by atoms with Crippen LogP contribution in [0.15, 0.2) is 60.8 Å². The first-order valence-electron chi connectivity index (χ1n) is 8.03. The highest BCUT2D eigenvalue weighted by Crippen LogP contribution is 2.20. The molecular weight excluding hydrogens is 353 g/mol. The molecule has 0 unspecified atom stereocenters. The minimum atomic E-state index is -0.535. The van der Waals surface area contributed by atoms with Crippen LogP contribution in [-0.4, -0.2) is 10.9 Å². The van der Waals surface area contributed by atoms with Gasteiger partial charge >= 0.3 is 0 Å². The molecule has 1 heterocycles. The number of carbonyl (C=O) groups is 1. The van der Waals surface area contributed by atoms with Crippen molar-refractivity contribution in [2.75, 3.05) is 10.6 Å². The molecule has 132 valence electrons. The Morgan fingerprint density at radius 1 is 1.08 bits per heavy atom. The summed E-state index contributed by atoms with van der Waals surface area (Å²) in [6.07, 6.45) is 1.60. The van der Waals surface area contributed by atoms with E-state index in [1.165, 1.54) is 23.8 Å². The third kappa shape index (κ3) is 4.58. The molecule has 0 radical (unpaired) electrons. The second kappa shape index (κ2) is 7.97. The molecule has 1 amide bonds. The monoisotopic (exact) mass is 369 g/mol. The molecule has 1 aromatic heterocycles. The van der Waals surface area contributed by atoms with Gasteiger partial charge in [-0.15, -0.1) is 0 Å². The van der Waals surface area contributed by atoms with Gasteiger partial charge in [-0.25, -0.2) is 9.37 Å². The number of aromatic nitrogens is 1. The van der Waals surface area contributed by atoms with Crippen molar-refractivity contribution >= 4 is 28.9 Å². The van der Waals surface area contributed by atoms with Gasteiger partial charge in [-0.05, 0) is 42.8 Å². The molecule has 0 aliphatic heterocycles. The summed E-state index contributed by atoms with van der Waals surface area (Å²) in [5.41, 5.74) is 3.85. The number of hydrogen-bond donors (Lipinski definition) is 2. The summed E-state index contributed by atoms with van der Waals surface area (Å²) in [4.78, 5) is 16.4. The average Bonchev–Trinajstić information content (AvgIpc) is 2.65. The second-order valence-corrected chi connectivity index (χ2v) is 6.26. The maximum atomic E-state index is 13.2. The molecule has 0 spiro atoms. The van der Waals surface area contributed by atoms with Gasteiger partial charge in [-0.3, -0.25) is 4.79 Å². The number of pyridine rings is 1. The third-order valence-electron chi connectivity index (χ3n) is 3.79. The Morgan fingerprint density at radius 2 is 1.81 bits per heavy atom. The Labute approximate surface area is 156 Å². The predicted octanol–water partition coefficient (Wildman–Crippen LogP) is 5.05. The highest BCUT2D eigenvalue weighted by Gasteiger charge is 2.09. The average molecular weight is 370 g/mol. The highest BCUT2D eigenvalue weighted by molar-refractivity contribution is 6.31. The second-order valence-electron chi connectivity index (χ2n) is 5.85. The smallest absolute Gasteiger partial charge is 0.274 e. The van der Waals surface area contributed by atoms with Crippen LogP contribution in [0.1, 0.15) is 21.6 Å². The Hall–Kier alpha value is -2.92. The van der Waals surface area contributed by atoms with Gasteiger partial charge in [0.15, 0.2) is 0 Å². The summed E-state index contributed by atoms with van der Waals surface area (Å²) in [6, 6.07) is 15.6. The molecule has 0 fully saturated rings. The van der Waals surface area contributed by atoms with Crippen molar-refractivity contribution < 1.29 is 9.18 Å². The summed E-state index contributed by atoms with van der Waals surface area (Å²) in [6.45, 7) is 2.71. The normalized spacial score (nSPS) is 10.4. The lowest BCUT2D eigenvalue weighted by Crippen LogP contribution is -2.13. The minimum Gasteiger partial charge on any atom is -0.380 e. The Morgan fingerprint density at radius 3 is 2.46 bits per heavy atom. The Kier molecular flexibility index (Phi) is 5.49. The summed E-state index contributed by atoms with van der Waals surface area (Å²) >= 11 is 5.71. The SMILES string of the molecule is Cc1ccc(CNc2ccc(C(=O)Nc3ccc(F)c(Cl)c3)nc2)cc1. The van der Waals surface area contributed by atoms with E-state index in [1.807, 2.05) is 6.92 Å².